The molecule has 0 radical (unpaired) electrons. The van der Waals surface area contributed by atoms with E-state index in [9.17, 15) is 0 Å². The summed E-state index contributed by atoms with van der Waals surface area (Å²) < 4.78 is 5.84. The summed E-state index contributed by atoms with van der Waals surface area (Å²) in [7, 11) is 0. The summed E-state index contributed by atoms with van der Waals surface area (Å²) >= 11 is 0. The third kappa shape index (κ3) is 3.24. The maximum atomic E-state index is 5.84. The number of benzene rings is 1. The lowest BCUT2D eigenvalue weighted by Crippen LogP contribution is -2.26. The first-order valence-electron chi connectivity index (χ1n) is 8.33. The zero-order valence-electron chi connectivity index (χ0n) is 12.7. The Labute approximate surface area is 122 Å². The molecule has 1 fully saturated rings. The van der Waals surface area contributed by atoms with E-state index >= 15 is 0 Å². The molecule has 0 spiro atoms. The van der Waals surface area contributed by atoms with Crippen molar-refractivity contribution in [2.75, 3.05) is 13.2 Å². The smallest absolute Gasteiger partial charge is 0.0594 e. The number of rotatable bonds is 6. The molecule has 1 aliphatic carbocycles. The zero-order chi connectivity index (χ0) is 13.8. The summed E-state index contributed by atoms with van der Waals surface area (Å²) in [6.45, 7) is 4.28. The van der Waals surface area contributed by atoms with Gasteiger partial charge in [0, 0.05) is 12.6 Å². The Morgan fingerprint density at radius 1 is 1.25 bits per heavy atom. The Hall–Kier alpha value is -0.860. The molecule has 2 nitrogen and oxygen atoms in total. The van der Waals surface area contributed by atoms with E-state index < -0.39 is 0 Å². The van der Waals surface area contributed by atoms with Crippen LogP contribution in [0.5, 0.6) is 0 Å². The Kier molecular flexibility index (Phi) is 4.74. The first kappa shape index (κ1) is 14.1. The fraction of sp³-hybridized carbons (Fsp3) is 0.667. The normalized spacial score (nSPS) is 22.9. The minimum atomic E-state index is 0.456. The van der Waals surface area contributed by atoms with Crippen molar-refractivity contribution >= 4 is 0 Å². The number of hydrogen-bond donors (Lipinski definition) is 1. The van der Waals surface area contributed by atoms with Crippen LogP contribution >= 0.6 is 0 Å². The highest BCUT2D eigenvalue weighted by atomic mass is 16.5. The number of nitrogens with one attached hydrogen (secondary N) is 1. The van der Waals surface area contributed by atoms with Gasteiger partial charge in [0.05, 0.1) is 6.10 Å². The van der Waals surface area contributed by atoms with Crippen molar-refractivity contribution in [1.29, 1.82) is 0 Å². The maximum absolute atomic E-state index is 5.84. The molecule has 1 saturated heterocycles. The van der Waals surface area contributed by atoms with Crippen LogP contribution in [-0.4, -0.2) is 19.3 Å². The van der Waals surface area contributed by atoms with Crippen molar-refractivity contribution in [2.24, 2.45) is 0 Å². The van der Waals surface area contributed by atoms with Gasteiger partial charge in [0.15, 0.2) is 0 Å². The molecule has 2 heteroatoms. The van der Waals surface area contributed by atoms with Gasteiger partial charge in [-0.25, -0.2) is 0 Å². The second kappa shape index (κ2) is 6.73. The van der Waals surface area contributed by atoms with Crippen LogP contribution in [0.3, 0.4) is 0 Å². The second-order valence-corrected chi connectivity index (χ2v) is 6.26. The van der Waals surface area contributed by atoms with Crippen molar-refractivity contribution in [3.8, 4) is 0 Å². The van der Waals surface area contributed by atoms with Gasteiger partial charge in [-0.15, -0.1) is 0 Å². The highest BCUT2D eigenvalue weighted by Gasteiger charge is 2.22. The van der Waals surface area contributed by atoms with E-state index in [2.05, 4.69) is 30.4 Å². The zero-order valence-corrected chi connectivity index (χ0v) is 12.7. The van der Waals surface area contributed by atoms with Crippen LogP contribution in [0.25, 0.3) is 0 Å². The summed E-state index contributed by atoms with van der Waals surface area (Å²) in [4.78, 5) is 0. The third-order valence-corrected chi connectivity index (χ3v) is 4.69. The molecule has 0 saturated carbocycles. The first-order valence-corrected chi connectivity index (χ1v) is 8.33. The Morgan fingerprint density at radius 3 is 2.95 bits per heavy atom. The Balaban J connectivity index is 1.73. The topological polar surface area (TPSA) is 21.3 Å². The molecule has 20 heavy (non-hydrogen) atoms. The Bertz CT molecular complexity index is 437. The van der Waals surface area contributed by atoms with Crippen LogP contribution < -0.4 is 5.32 Å². The molecule has 1 aromatic rings. The summed E-state index contributed by atoms with van der Waals surface area (Å²) in [5.74, 6) is 0. The van der Waals surface area contributed by atoms with Crippen molar-refractivity contribution in [3.05, 3.63) is 34.9 Å². The van der Waals surface area contributed by atoms with Crippen LogP contribution in [0.4, 0.5) is 0 Å². The van der Waals surface area contributed by atoms with Gasteiger partial charge in [-0.3, -0.25) is 0 Å². The summed E-state index contributed by atoms with van der Waals surface area (Å²) in [5, 5.41) is 3.72. The fourth-order valence-corrected chi connectivity index (χ4v) is 3.56. The molecule has 0 amide bonds. The van der Waals surface area contributed by atoms with Crippen LogP contribution in [0.2, 0.25) is 0 Å². The molecule has 2 atom stereocenters. The molecule has 2 aliphatic rings. The monoisotopic (exact) mass is 273 g/mol. The third-order valence-electron chi connectivity index (χ3n) is 4.69. The van der Waals surface area contributed by atoms with Gasteiger partial charge in [-0.2, -0.15) is 0 Å². The molecule has 1 aromatic carbocycles. The second-order valence-electron chi connectivity index (χ2n) is 6.26. The van der Waals surface area contributed by atoms with E-state index in [-0.39, 0.29) is 0 Å². The average Bonchev–Trinajstić information content (AvgIpc) is 3.13. The van der Waals surface area contributed by atoms with Gasteiger partial charge in [0.1, 0.15) is 0 Å². The van der Waals surface area contributed by atoms with E-state index in [0.717, 1.165) is 19.6 Å². The van der Waals surface area contributed by atoms with E-state index in [1.165, 1.54) is 44.1 Å². The molecule has 1 heterocycles. The standard InChI is InChI=1S/C18H27NO/c1-2-10-19-18(13-17-7-4-11-20-17)16-9-8-14-5-3-6-15(14)12-16/h8-9,12,17-19H,2-7,10-11,13H2,1H3. The van der Waals surface area contributed by atoms with Gasteiger partial charge >= 0.3 is 0 Å². The van der Waals surface area contributed by atoms with Crippen LogP contribution in [-0.2, 0) is 17.6 Å². The predicted molar refractivity (Wildman–Crippen MR) is 83.1 cm³/mol. The van der Waals surface area contributed by atoms with Crippen LogP contribution in [0.1, 0.15) is 61.8 Å². The van der Waals surface area contributed by atoms with Crippen molar-refractivity contribution in [1.82, 2.24) is 5.32 Å². The summed E-state index contributed by atoms with van der Waals surface area (Å²) in [5.41, 5.74) is 4.62. The molecular formula is C18H27NO. The van der Waals surface area contributed by atoms with Crippen molar-refractivity contribution in [2.45, 2.75) is 64.0 Å². The molecule has 0 bridgehead atoms. The van der Waals surface area contributed by atoms with E-state index in [1.807, 2.05) is 0 Å². The molecule has 3 rings (SSSR count). The lowest BCUT2D eigenvalue weighted by atomic mass is 9.96. The molecular weight excluding hydrogens is 246 g/mol. The minimum Gasteiger partial charge on any atom is -0.378 e. The number of fused-ring (bicyclic) bond motifs is 1. The molecule has 1 N–H and O–H groups in total. The van der Waals surface area contributed by atoms with Crippen LogP contribution in [0.15, 0.2) is 18.2 Å². The lowest BCUT2D eigenvalue weighted by Gasteiger charge is -2.23. The predicted octanol–water partition coefficient (Wildman–Crippen LogP) is 3.79. The van der Waals surface area contributed by atoms with Crippen LogP contribution in [0, 0.1) is 0 Å². The first-order chi connectivity index (χ1) is 9.86. The highest BCUT2D eigenvalue weighted by molar-refractivity contribution is 5.36. The van der Waals surface area contributed by atoms with E-state index in [4.69, 9.17) is 4.74 Å². The lowest BCUT2D eigenvalue weighted by molar-refractivity contribution is 0.0945. The van der Waals surface area contributed by atoms with Gasteiger partial charge in [0.25, 0.3) is 0 Å². The van der Waals surface area contributed by atoms with Gasteiger partial charge < -0.3 is 10.1 Å². The minimum absolute atomic E-state index is 0.456. The molecule has 2 unspecified atom stereocenters. The van der Waals surface area contributed by atoms with Gasteiger partial charge in [-0.05, 0) is 68.2 Å². The fourth-order valence-electron chi connectivity index (χ4n) is 3.56. The SMILES string of the molecule is CCCNC(CC1CCCO1)c1ccc2c(c1)CCC2. The number of hydrogen-bond acceptors (Lipinski definition) is 2. The van der Waals surface area contributed by atoms with Gasteiger partial charge in [-0.1, -0.05) is 25.1 Å². The van der Waals surface area contributed by atoms with E-state index in [0.29, 0.717) is 12.1 Å². The average molecular weight is 273 g/mol. The maximum Gasteiger partial charge on any atom is 0.0594 e. The highest BCUT2D eigenvalue weighted by Crippen LogP contribution is 2.29. The van der Waals surface area contributed by atoms with E-state index in [1.54, 1.807) is 11.1 Å². The summed E-state index contributed by atoms with van der Waals surface area (Å²) in [6.07, 6.45) is 9.10. The molecule has 110 valence electrons. The number of ether oxygens (including phenoxy) is 1. The molecule has 0 aromatic heterocycles. The van der Waals surface area contributed by atoms with Gasteiger partial charge in [0.2, 0.25) is 0 Å². The van der Waals surface area contributed by atoms with Crippen molar-refractivity contribution in [3.63, 3.8) is 0 Å². The number of aryl methyl sites for hydroxylation is 2. The Morgan fingerprint density at radius 2 is 2.15 bits per heavy atom. The largest absolute Gasteiger partial charge is 0.378 e. The quantitative estimate of drug-likeness (QED) is 0.851. The van der Waals surface area contributed by atoms with Crippen molar-refractivity contribution < 1.29 is 4.74 Å². The summed E-state index contributed by atoms with van der Waals surface area (Å²) in [6, 6.07) is 7.61. The molecule has 1 aliphatic heterocycles.